The second-order valence-electron chi connectivity index (χ2n) is 6.33. The van der Waals surface area contributed by atoms with Gasteiger partial charge in [-0.05, 0) is 60.7 Å². The number of hydrogen-bond donors (Lipinski definition) is 0. The fourth-order valence-corrected chi connectivity index (χ4v) is 3.23. The Morgan fingerprint density at radius 3 is 2.14 bits per heavy atom. The largest absolute Gasteiger partial charge is 0.497 e. The highest BCUT2D eigenvalue weighted by Gasteiger charge is 2.18. The zero-order chi connectivity index (χ0) is 19.7. The van der Waals surface area contributed by atoms with Gasteiger partial charge in [0.1, 0.15) is 17.3 Å². The summed E-state index contributed by atoms with van der Waals surface area (Å²) in [5.41, 5.74) is 2.71. The molecule has 0 N–H and O–H groups in total. The lowest BCUT2D eigenvalue weighted by Crippen LogP contribution is -2.00. The van der Waals surface area contributed by atoms with Crippen molar-refractivity contribution < 1.29 is 18.7 Å². The number of halogens is 1. The lowest BCUT2D eigenvalue weighted by atomic mass is 10.0. The molecule has 28 heavy (non-hydrogen) atoms. The monoisotopic (exact) mass is 375 g/mol. The number of nitrogens with zero attached hydrogens (tertiary/aromatic N) is 1. The molecule has 4 rings (SSSR count). The number of rotatable bonds is 5. The minimum Gasteiger partial charge on any atom is -0.497 e. The van der Waals surface area contributed by atoms with Crippen molar-refractivity contribution in [1.29, 1.82) is 0 Å². The molecule has 1 aromatic heterocycles. The zero-order valence-corrected chi connectivity index (χ0v) is 15.5. The molecule has 3 aromatic carbocycles. The van der Waals surface area contributed by atoms with E-state index in [1.807, 2.05) is 47.0 Å². The highest BCUT2D eigenvalue weighted by molar-refractivity contribution is 6.16. The van der Waals surface area contributed by atoms with Crippen LogP contribution in [0.4, 0.5) is 4.39 Å². The van der Waals surface area contributed by atoms with Crippen molar-refractivity contribution in [3.05, 3.63) is 89.9 Å². The Bertz CT molecular complexity index is 1150. The summed E-state index contributed by atoms with van der Waals surface area (Å²) < 4.78 is 25.8. The van der Waals surface area contributed by atoms with Crippen LogP contribution in [0.1, 0.15) is 15.9 Å². The van der Waals surface area contributed by atoms with Crippen LogP contribution in [0.5, 0.6) is 11.5 Å². The van der Waals surface area contributed by atoms with Crippen molar-refractivity contribution in [1.82, 2.24) is 4.57 Å². The molecule has 5 heteroatoms. The summed E-state index contributed by atoms with van der Waals surface area (Å²) in [5.74, 6) is 0.908. The zero-order valence-electron chi connectivity index (χ0n) is 15.5. The number of hydrogen-bond acceptors (Lipinski definition) is 3. The molecule has 0 amide bonds. The predicted molar refractivity (Wildman–Crippen MR) is 106 cm³/mol. The average molecular weight is 375 g/mol. The van der Waals surface area contributed by atoms with Gasteiger partial charge in [-0.25, -0.2) is 4.39 Å². The molecule has 0 bridgehead atoms. The lowest BCUT2D eigenvalue weighted by Gasteiger charge is -2.07. The minimum atomic E-state index is -0.373. The summed E-state index contributed by atoms with van der Waals surface area (Å²) in [7, 11) is 3.22. The smallest absolute Gasteiger partial charge is 0.195 e. The van der Waals surface area contributed by atoms with Gasteiger partial charge in [0.25, 0.3) is 0 Å². The van der Waals surface area contributed by atoms with Crippen LogP contribution in [0.15, 0.2) is 72.9 Å². The van der Waals surface area contributed by atoms with E-state index >= 15 is 0 Å². The third kappa shape index (κ3) is 3.11. The molecular formula is C23H18FNO3. The second-order valence-corrected chi connectivity index (χ2v) is 6.33. The van der Waals surface area contributed by atoms with Gasteiger partial charge in [-0.1, -0.05) is 0 Å². The van der Waals surface area contributed by atoms with Crippen LogP contribution in [0.2, 0.25) is 0 Å². The van der Waals surface area contributed by atoms with E-state index < -0.39 is 0 Å². The van der Waals surface area contributed by atoms with Gasteiger partial charge in [-0.3, -0.25) is 4.79 Å². The molecule has 0 saturated carbocycles. The Morgan fingerprint density at radius 1 is 0.857 bits per heavy atom. The van der Waals surface area contributed by atoms with Gasteiger partial charge >= 0.3 is 0 Å². The van der Waals surface area contributed by atoms with Gasteiger partial charge < -0.3 is 14.0 Å². The van der Waals surface area contributed by atoms with E-state index in [1.54, 1.807) is 20.4 Å². The predicted octanol–water partition coefficient (Wildman–Crippen LogP) is 5.02. The van der Waals surface area contributed by atoms with Crippen molar-refractivity contribution in [2.45, 2.75) is 0 Å². The summed E-state index contributed by atoms with van der Waals surface area (Å²) >= 11 is 0. The summed E-state index contributed by atoms with van der Waals surface area (Å²) in [4.78, 5) is 13.1. The molecule has 0 unspecified atom stereocenters. The Hall–Kier alpha value is -3.60. The van der Waals surface area contributed by atoms with Gasteiger partial charge in [-0.2, -0.15) is 0 Å². The molecule has 0 spiro atoms. The number of ether oxygens (including phenoxy) is 2. The van der Waals surface area contributed by atoms with E-state index in [1.165, 1.54) is 24.3 Å². The van der Waals surface area contributed by atoms with Crippen LogP contribution in [0.3, 0.4) is 0 Å². The van der Waals surface area contributed by atoms with Crippen molar-refractivity contribution >= 4 is 16.7 Å². The first-order valence-electron chi connectivity index (χ1n) is 8.74. The quantitative estimate of drug-likeness (QED) is 0.460. The van der Waals surface area contributed by atoms with Crippen LogP contribution in [-0.2, 0) is 0 Å². The van der Waals surface area contributed by atoms with E-state index in [9.17, 15) is 9.18 Å². The molecule has 0 atom stereocenters. The number of fused-ring (bicyclic) bond motifs is 1. The average Bonchev–Trinajstić information content (AvgIpc) is 3.12. The van der Waals surface area contributed by atoms with E-state index in [4.69, 9.17) is 9.47 Å². The van der Waals surface area contributed by atoms with E-state index in [0.717, 1.165) is 22.3 Å². The van der Waals surface area contributed by atoms with E-state index in [2.05, 4.69) is 0 Å². The highest BCUT2D eigenvalue weighted by Crippen LogP contribution is 2.30. The summed E-state index contributed by atoms with van der Waals surface area (Å²) in [5, 5.41) is 0.797. The number of methoxy groups -OCH3 is 2. The topological polar surface area (TPSA) is 40.5 Å². The minimum absolute atomic E-state index is 0.164. The van der Waals surface area contributed by atoms with Crippen LogP contribution in [0, 0.1) is 5.82 Å². The Kier molecular flexibility index (Phi) is 4.57. The van der Waals surface area contributed by atoms with Crippen LogP contribution in [-0.4, -0.2) is 24.6 Å². The molecule has 0 radical (unpaired) electrons. The maximum atomic E-state index is 13.2. The molecular weight excluding hydrogens is 357 g/mol. The standard InChI is InChI=1S/C23H18FNO3/c1-27-18-9-7-17(8-10-18)25-14-21(20-12-11-19(28-2)13-22(20)25)23(26)15-3-5-16(24)6-4-15/h3-14H,1-2H3. The van der Waals surface area contributed by atoms with Gasteiger partial charge in [0, 0.05) is 34.5 Å². The van der Waals surface area contributed by atoms with Crippen LogP contribution >= 0.6 is 0 Å². The van der Waals surface area contributed by atoms with Crippen molar-refractivity contribution in [3.63, 3.8) is 0 Å². The number of ketones is 1. The maximum absolute atomic E-state index is 13.2. The van der Waals surface area contributed by atoms with Crippen molar-refractivity contribution in [3.8, 4) is 17.2 Å². The first kappa shape index (κ1) is 17.8. The molecule has 0 aliphatic carbocycles. The second kappa shape index (κ2) is 7.19. The first-order valence-corrected chi connectivity index (χ1v) is 8.74. The molecule has 1 heterocycles. The summed E-state index contributed by atoms with van der Waals surface area (Å²) in [6, 6.07) is 18.7. The van der Waals surface area contributed by atoms with E-state index in [-0.39, 0.29) is 11.6 Å². The van der Waals surface area contributed by atoms with Crippen molar-refractivity contribution in [2.24, 2.45) is 0 Å². The number of carbonyl (C=O) groups excluding carboxylic acids is 1. The molecule has 0 aliphatic heterocycles. The van der Waals surface area contributed by atoms with Crippen molar-refractivity contribution in [2.75, 3.05) is 14.2 Å². The maximum Gasteiger partial charge on any atom is 0.195 e. The molecule has 4 nitrogen and oxygen atoms in total. The molecule has 4 aromatic rings. The Balaban J connectivity index is 1.89. The third-order valence-electron chi connectivity index (χ3n) is 4.71. The van der Waals surface area contributed by atoms with Crippen LogP contribution in [0.25, 0.3) is 16.6 Å². The number of aromatic nitrogens is 1. The lowest BCUT2D eigenvalue weighted by molar-refractivity contribution is 0.104. The Morgan fingerprint density at radius 2 is 1.50 bits per heavy atom. The van der Waals surface area contributed by atoms with Gasteiger partial charge in [0.15, 0.2) is 5.78 Å². The normalized spacial score (nSPS) is 10.8. The summed E-state index contributed by atoms with van der Waals surface area (Å²) in [6.45, 7) is 0. The third-order valence-corrected chi connectivity index (χ3v) is 4.71. The van der Waals surface area contributed by atoms with Gasteiger partial charge in [0.05, 0.1) is 19.7 Å². The SMILES string of the molecule is COc1ccc(-n2cc(C(=O)c3ccc(F)cc3)c3ccc(OC)cc32)cc1. The summed E-state index contributed by atoms with van der Waals surface area (Å²) in [6.07, 6.45) is 1.80. The van der Waals surface area contributed by atoms with Crippen LogP contribution < -0.4 is 9.47 Å². The molecule has 0 fully saturated rings. The Labute approximate surface area is 161 Å². The van der Waals surface area contributed by atoms with E-state index in [0.29, 0.717) is 16.9 Å². The fraction of sp³-hybridized carbons (Fsp3) is 0.0870. The van der Waals surface area contributed by atoms with Gasteiger partial charge in [0.2, 0.25) is 0 Å². The number of carbonyl (C=O) groups is 1. The molecule has 140 valence electrons. The van der Waals surface area contributed by atoms with Gasteiger partial charge in [-0.15, -0.1) is 0 Å². The molecule has 0 aliphatic rings. The first-order chi connectivity index (χ1) is 13.6. The number of benzene rings is 3. The molecule has 0 saturated heterocycles. The fourth-order valence-electron chi connectivity index (χ4n) is 3.23. The highest BCUT2D eigenvalue weighted by atomic mass is 19.1.